The van der Waals surface area contributed by atoms with Crippen LogP contribution in [0.5, 0.6) is 0 Å². The van der Waals surface area contributed by atoms with Crippen molar-refractivity contribution in [3.05, 3.63) is 47.7 Å². The van der Waals surface area contributed by atoms with E-state index in [1.165, 1.54) is 0 Å². The lowest BCUT2D eigenvalue weighted by Crippen LogP contribution is -2.37. The number of nitrogens with one attached hydrogen (secondary N) is 1. The lowest BCUT2D eigenvalue weighted by atomic mass is 10.1. The molecule has 1 amide bonds. The van der Waals surface area contributed by atoms with Gasteiger partial charge in [-0.25, -0.2) is 0 Å². The number of aromatic nitrogens is 1. The van der Waals surface area contributed by atoms with E-state index in [2.05, 4.69) is 10.5 Å². The molecule has 1 aromatic carbocycles. The van der Waals surface area contributed by atoms with Crippen LogP contribution in [0.15, 0.2) is 40.9 Å². The summed E-state index contributed by atoms with van der Waals surface area (Å²) in [6, 6.07) is 10.7. The van der Waals surface area contributed by atoms with E-state index < -0.39 is 6.04 Å². The van der Waals surface area contributed by atoms with Gasteiger partial charge in [-0.2, -0.15) is 0 Å². The Morgan fingerprint density at radius 3 is 2.78 bits per heavy atom. The second kappa shape index (κ2) is 5.46. The van der Waals surface area contributed by atoms with Gasteiger partial charge in [0.1, 0.15) is 0 Å². The van der Waals surface area contributed by atoms with Crippen molar-refractivity contribution in [3.8, 4) is 0 Å². The zero-order valence-corrected chi connectivity index (χ0v) is 10.1. The van der Waals surface area contributed by atoms with E-state index in [1.807, 2.05) is 30.3 Å². The van der Waals surface area contributed by atoms with Crippen LogP contribution < -0.4 is 11.1 Å². The quantitative estimate of drug-likeness (QED) is 0.855. The molecule has 0 spiro atoms. The van der Waals surface area contributed by atoms with Crippen LogP contribution in [0.4, 0.5) is 5.88 Å². The maximum Gasteiger partial charge on any atom is 0.244 e. The monoisotopic (exact) mass is 245 g/mol. The molecule has 0 saturated carbocycles. The molecule has 2 rings (SSSR count). The summed E-state index contributed by atoms with van der Waals surface area (Å²) in [5, 5.41) is 6.27. The van der Waals surface area contributed by atoms with E-state index in [0.29, 0.717) is 18.0 Å². The van der Waals surface area contributed by atoms with Crippen LogP contribution in [0.1, 0.15) is 11.3 Å². The minimum Gasteiger partial charge on any atom is -0.338 e. The number of benzene rings is 1. The zero-order chi connectivity index (χ0) is 13.0. The summed E-state index contributed by atoms with van der Waals surface area (Å²) in [5.74, 6) is 0.0380. The van der Waals surface area contributed by atoms with Crippen molar-refractivity contribution in [3.63, 3.8) is 0 Å². The van der Waals surface area contributed by atoms with Gasteiger partial charge in [0.15, 0.2) is 0 Å². The van der Waals surface area contributed by atoms with Gasteiger partial charge in [-0.05, 0) is 18.9 Å². The van der Waals surface area contributed by atoms with Crippen LogP contribution in [-0.2, 0) is 11.2 Å². The van der Waals surface area contributed by atoms with Crippen molar-refractivity contribution < 1.29 is 9.32 Å². The molecule has 0 bridgehead atoms. The van der Waals surface area contributed by atoms with Crippen molar-refractivity contribution in [1.82, 2.24) is 5.16 Å². The van der Waals surface area contributed by atoms with Crippen LogP contribution in [0, 0.1) is 6.92 Å². The van der Waals surface area contributed by atoms with Gasteiger partial charge < -0.3 is 10.3 Å². The number of aryl methyl sites for hydroxylation is 1. The Morgan fingerprint density at radius 1 is 1.44 bits per heavy atom. The Hall–Kier alpha value is -2.14. The number of hydrogen-bond acceptors (Lipinski definition) is 4. The summed E-state index contributed by atoms with van der Waals surface area (Å²) < 4.78 is 4.90. The van der Waals surface area contributed by atoms with Crippen LogP contribution >= 0.6 is 0 Å². The second-order valence-electron chi connectivity index (χ2n) is 4.12. The summed E-state index contributed by atoms with van der Waals surface area (Å²) in [6.07, 6.45) is 0.486. The first-order valence-corrected chi connectivity index (χ1v) is 5.69. The van der Waals surface area contributed by atoms with E-state index in [1.54, 1.807) is 13.0 Å². The summed E-state index contributed by atoms with van der Waals surface area (Å²) in [5.41, 5.74) is 7.56. The van der Waals surface area contributed by atoms with Gasteiger partial charge in [0.05, 0.1) is 11.7 Å². The molecule has 0 aliphatic heterocycles. The predicted octanol–water partition coefficient (Wildman–Crippen LogP) is 1.49. The van der Waals surface area contributed by atoms with Gasteiger partial charge in [0.2, 0.25) is 11.8 Å². The number of amides is 1. The van der Waals surface area contributed by atoms with Crippen LogP contribution in [-0.4, -0.2) is 17.1 Å². The molecular formula is C13H15N3O2. The number of carbonyl (C=O) groups is 1. The second-order valence-corrected chi connectivity index (χ2v) is 4.12. The van der Waals surface area contributed by atoms with Gasteiger partial charge in [0.25, 0.3) is 0 Å². The summed E-state index contributed by atoms with van der Waals surface area (Å²) in [7, 11) is 0. The highest BCUT2D eigenvalue weighted by Crippen LogP contribution is 2.09. The van der Waals surface area contributed by atoms with Crippen molar-refractivity contribution in [1.29, 1.82) is 0 Å². The Kier molecular flexibility index (Phi) is 3.74. The molecule has 5 nitrogen and oxygen atoms in total. The van der Waals surface area contributed by atoms with E-state index in [4.69, 9.17) is 10.3 Å². The van der Waals surface area contributed by atoms with Crippen molar-refractivity contribution in [2.45, 2.75) is 19.4 Å². The molecule has 0 fully saturated rings. The van der Waals surface area contributed by atoms with E-state index in [-0.39, 0.29) is 5.91 Å². The fourth-order valence-electron chi connectivity index (χ4n) is 1.60. The van der Waals surface area contributed by atoms with Crippen molar-refractivity contribution >= 4 is 11.8 Å². The number of anilines is 1. The van der Waals surface area contributed by atoms with Crippen molar-refractivity contribution in [2.75, 3.05) is 5.32 Å². The summed E-state index contributed by atoms with van der Waals surface area (Å²) in [4.78, 5) is 11.8. The van der Waals surface area contributed by atoms with Gasteiger partial charge in [-0.3, -0.25) is 10.1 Å². The third-order valence-corrected chi connectivity index (χ3v) is 2.51. The SMILES string of the molecule is Cc1cc(NC(=O)[C@@H](N)Cc2ccccc2)on1. The number of rotatable bonds is 4. The highest BCUT2D eigenvalue weighted by Gasteiger charge is 2.15. The zero-order valence-electron chi connectivity index (χ0n) is 10.1. The minimum atomic E-state index is -0.613. The molecule has 2 aromatic rings. The number of hydrogen-bond donors (Lipinski definition) is 2. The molecule has 0 unspecified atom stereocenters. The van der Waals surface area contributed by atoms with Crippen LogP contribution in [0.25, 0.3) is 0 Å². The lowest BCUT2D eigenvalue weighted by Gasteiger charge is -2.10. The molecule has 1 aromatic heterocycles. The molecular weight excluding hydrogens is 230 g/mol. The molecule has 0 aliphatic rings. The van der Waals surface area contributed by atoms with Crippen molar-refractivity contribution in [2.24, 2.45) is 5.73 Å². The highest BCUT2D eigenvalue weighted by atomic mass is 16.5. The average Bonchev–Trinajstić information content (AvgIpc) is 2.76. The average molecular weight is 245 g/mol. The van der Waals surface area contributed by atoms with E-state index in [0.717, 1.165) is 5.56 Å². The molecule has 94 valence electrons. The third-order valence-electron chi connectivity index (χ3n) is 2.51. The lowest BCUT2D eigenvalue weighted by molar-refractivity contribution is -0.117. The van der Waals surface area contributed by atoms with E-state index in [9.17, 15) is 4.79 Å². The molecule has 1 heterocycles. The van der Waals surface area contributed by atoms with E-state index >= 15 is 0 Å². The fourth-order valence-corrected chi connectivity index (χ4v) is 1.60. The highest BCUT2D eigenvalue weighted by molar-refractivity contribution is 5.93. The third kappa shape index (κ3) is 3.18. The molecule has 0 saturated heterocycles. The number of nitrogens with zero attached hydrogens (tertiary/aromatic N) is 1. The first-order chi connectivity index (χ1) is 8.65. The number of nitrogens with two attached hydrogens (primary N) is 1. The maximum atomic E-state index is 11.8. The smallest absolute Gasteiger partial charge is 0.244 e. The Labute approximate surface area is 105 Å². The maximum absolute atomic E-state index is 11.8. The first-order valence-electron chi connectivity index (χ1n) is 5.69. The molecule has 18 heavy (non-hydrogen) atoms. The Morgan fingerprint density at radius 2 is 2.17 bits per heavy atom. The molecule has 0 radical (unpaired) electrons. The summed E-state index contributed by atoms with van der Waals surface area (Å²) in [6.45, 7) is 1.78. The van der Waals surface area contributed by atoms with Gasteiger partial charge in [-0.1, -0.05) is 35.5 Å². The molecule has 3 N–H and O–H groups in total. The topological polar surface area (TPSA) is 81.2 Å². The predicted molar refractivity (Wildman–Crippen MR) is 68.0 cm³/mol. The van der Waals surface area contributed by atoms with Gasteiger partial charge in [-0.15, -0.1) is 0 Å². The molecule has 5 heteroatoms. The van der Waals surface area contributed by atoms with Crippen LogP contribution in [0.2, 0.25) is 0 Å². The van der Waals surface area contributed by atoms with Gasteiger partial charge >= 0.3 is 0 Å². The largest absolute Gasteiger partial charge is 0.338 e. The summed E-state index contributed by atoms with van der Waals surface area (Å²) >= 11 is 0. The Balaban J connectivity index is 1.93. The van der Waals surface area contributed by atoms with Gasteiger partial charge in [0, 0.05) is 6.07 Å². The molecule has 1 atom stereocenters. The normalized spacial score (nSPS) is 12.1. The van der Waals surface area contributed by atoms with Crippen LogP contribution in [0.3, 0.4) is 0 Å². The first kappa shape index (κ1) is 12.3. The standard InChI is InChI=1S/C13H15N3O2/c1-9-7-12(18-16-9)15-13(17)11(14)8-10-5-3-2-4-6-10/h2-7,11H,8,14H2,1H3,(H,15,17)/t11-/m0/s1. The minimum absolute atomic E-state index is 0.282. The Bertz CT molecular complexity index is 522. The number of carbonyl (C=O) groups excluding carboxylic acids is 1. The fraction of sp³-hybridized carbons (Fsp3) is 0.231. The molecule has 0 aliphatic carbocycles.